The van der Waals surface area contributed by atoms with Crippen molar-refractivity contribution in [3.05, 3.63) is 71.3 Å². The maximum absolute atomic E-state index is 12.2. The van der Waals surface area contributed by atoms with Crippen molar-refractivity contribution < 1.29 is 32.2 Å². The molecule has 28 heavy (non-hydrogen) atoms. The third-order valence-electron chi connectivity index (χ3n) is 3.70. The smallest absolute Gasteiger partial charge is 0.465 e. The van der Waals surface area contributed by atoms with Gasteiger partial charge < -0.3 is 14.4 Å². The number of carbonyl (C=O) groups excluding carboxylic acids is 2. The second-order valence-electron chi connectivity index (χ2n) is 5.83. The Morgan fingerprint density at radius 2 is 1.64 bits per heavy atom. The lowest BCUT2D eigenvalue weighted by Gasteiger charge is -2.15. The molecule has 0 saturated carbocycles. The van der Waals surface area contributed by atoms with E-state index in [1.165, 1.54) is 48.4 Å². The molecule has 0 saturated heterocycles. The van der Waals surface area contributed by atoms with E-state index in [1.807, 2.05) is 0 Å². The zero-order valence-corrected chi connectivity index (χ0v) is 15.2. The van der Waals surface area contributed by atoms with Gasteiger partial charge in [-0.25, -0.2) is 4.79 Å². The largest absolute Gasteiger partial charge is 0.573 e. The molecule has 0 fully saturated rings. The molecule has 148 valence electrons. The number of ether oxygens (including phenoxy) is 2. The quantitative estimate of drug-likeness (QED) is 0.549. The molecule has 1 amide bonds. The highest BCUT2D eigenvalue weighted by Crippen LogP contribution is 2.23. The van der Waals surface area contributed by atoms with E-state index in [9.17, 15) is 22.8 Å². The fourth-order valence-corrected chi connectivity index (χ4v) is 2.29. The maximum Gasteiger partial charge on any atom is 0.573 e. The predicted molar refractivity (Wildman–Crippen MR) is 96.4 cm³/mol. The Labute approximate surface area is 160 Å². The summed E-state index contributed by atoms with van der Waals surface area (Å²) in [5.74, 6) is -1.05. The molecule has 0 radical (unpaired) electrons. The van der Waals surface area contributed by atoms with Gasteiger partial charge in [-0.3, -0.25) is 4.79 Å². The number of rotatable bonds is 6. The highest BCUT2D eigenvalue weighted by atomic mass is 19.4. The summed E-state index contributed by atoms with van der Waals surface area (Å²) in [6.07, 6.45) is -1.93. The van der Waals surface area contributed by atoms with Gasteiger partial charge in [0.2, 0.25) is 5.91 Å². The number of halogens is 3. The van der Waals surface area contributed by atoms with Crippen LogP contribution < -0.4 is 4.74 Å². The van der Waals surface area contributed by atoms with E-state index in [4.69, 9.17) is 0 Å². The van der Waals surface area contributed by atoms with Crippen LogP contribution in [0.25, 0.3) is 6.08 Å². The first kappa shape index (κ1) is 21.0. The molecule has 2 aromatic carbocycles. The van der Waals surface area contributed by atoms with Crippen molar-refractivity contribution >= 4 is 18.0 Å². The van der Waals surface area contributed by atoms with E-state index in [0.717, 1.165) is 5.56 Å². The van der Waals surface area contributed by atoms with E-state index in [2.05, 4.69) is 9.47 Å². The molecule has 0 heterocycles. The average molecular weight is 393 g/mol. The summed E-state index contributed by atoms with van der Waals surface area (Å²) in [5, 5.41) is 0. The number of hydrogen-bond acceptors (Lipinski definition) is 4. The maximum atomic E-state index is 12.2. The van der Waals surface area contributed by atoms with Crippen LogP contribution in [-0.4, -0.2) is 37.3 Å². The van der Waals surface area contributed by atoms with Gasteiger partial charge in [0.1, 0.15) is 5.75 Å². The Morgan fingerprint density at radius 3 is 2.18 bits per heavy atom. The summed E-state index contributed by atoms with van der Waals surface area (Å²) in [4.78, 5) is 25.1. The standard InChI is InChI=1S/C20H18F3NO4/c1-24(13-15-3-8-16(9-4-15)19(26)27-2)18(25)12-7-14-5-10-17(11-6-14)28-20(21,22)23/h3-12H,13H2,1-2H3/b12-7+. The molecular weight excluding hydrogens is 375 g/mol. The highest BCUT2D eigenvalue weighted by Gasteiger charge is 2.30. The van der Waals surface area contributed by atoms with E-state index >= 15 is 0 Å². The van der Waals surface area contributed by atoms with Gasteiger partial charge in [0.25, 0.3) is 0 Å². The monoisotopic (exact) mass is 393 g/mol. The lowest BCUT2D eigenvalue weighted by Crippen LogP contribution is -2.24. The molecule has 0 aromatic heterocycles. The molecule has 0 aliphatic carbocycles. The molecule has 0 unspecified atom stereocenters. The SMILES string of the molecule is COC(=O)c1ccc(CN(C)C(=O)/C=C/c2ccc(OC(F)(F)F)cc2)cc1. The summed E-state index contributed by atoms with van der Waals surface area (Å²) in [7, 11) is 2.91. The van der Waals surface area contributed by atoms with Gasteiger partial charge in [0.15, 0.2) is 0 Å². The summed E-state index contributed by atoms with van der Waals surface area (Å²) in [5.41, 5.74) is 1.79. The summed E-state index contributed by atoms with van der Waals surface area (Å²) >= 11 is 0. The van der Waals surface area contributed by atoms with Crippen LogP contribution in [0.3, 0.4) is 0 Å². The summed E-state index contributed by atoms with van der Waals surface area (Å²) in [6.45, 7) is 0.322. The number of esters is 1. The molecule has 5 nitrogen and oxygen atoms in total. The minimum Gasteiger partial charge on any atom is -0.465 e. The lowest BCUT2D eigenvalue weighted by atomic mass is 10.1. The Kier molecular flexibility index (Phi) is 6.81. The van der Waals surface area contributed by atoms with Crippen LogP contribution >= 0.6 is 0 Å². The minimum absolute atomic E-state index is 0.285. The number of benzene rings is 2. The van der Waals surface area contributed by atoms with Crippen molar-refractivity contribution in [2.24, 2.45) is 0 Å². The Bertz CT molecular complexity index is 843. The van der Waals surface area contributed by atoms with Gasteiger partial charge in [0.05, 0.1) is 12.7 Å². The van der Waals surface area contributed by atoms with E-state index in [-0.39, 0.29) is 11.7 Å². The van der Waals surface area contributed by atoms with Crippen LogP contribution in [0.4, 0.5) is 13.2 Å². The number of nitrogens with zero attached hydrogens (tertiary/aromatic N) is 1. The predicted octanol–water partition coefficient (Wildman–Crippen LogP) is 4.04. The Hall–Kier alpha value is -3.29. The van der Waals surface area contributed by atoms with E-state index in [0.29, 0.717) is 17.7 Å². The van der Waals surface area contributed by atoms with Crippen molar-refractivity contribution in [1.29, 1.82) is 0 Å². The molecule has 2 rings (SSSR count). The van der Waals surface area contributed by atoms with Gasteiger partial charge in [-0.05, 0) is 41.5 Å². The van der Waals surface area contributed by atoms with Crippen LogP contribution in [-0.2, 0) is 16.1 Å². The number of carbonyl (C=O) groups is 2. The van der Waals surface area contributed by atoms with Crippen molar-refractivity contribution in [2.75, 3.05) is 14.2 Å². The zero-order chi connectivity index (χ0) is 20.7. The van der Waals surface area contributed by atoms with Gasteiger partial charge in [-0.2, -0.15) is 0 Å². The Morgan fingerprint density at radius 1 is 1.04 bits per heavy atom. The second-order valence-corrected chi connectivity index (χ2v) is 5.83. The number of likely N-dealkylation sites (N-methyl/N-ethyl adjacent to an activating group) is 1. The van der Waals surface area contributed by atoms with Crippen LogP contribution in [0.1, 0.15) is 21.5 Å². The first-order valence-electron chi connectivity index (χ1n) is 8.14. The molecular formula is C20H18F3NO4. The molecule has 8 heteroatoms. The summed E-state index contributed by atoms with van der Waals surface area (Å²) in [6, 6.07) is 11.8. The first-order chi connectivity index (χ1) is 13.2. The fourth-order valence-electron chi connectivity index (χ4n) is 2.29. The molecule has 0 aliphatic rings. The molecule has 0 atom stereocenters. The molecule has 0 N–H and O–H groups in total. The molecule has 0 aliphatic heterocycles. The van der Waals surface area contributed by atoms with Gasteiger partial charge in [0, 0.05) is 19.7 Å². The van der Waals surface area contributed by atoms with Crippen LogP contribution in [0.2, 0.25) is 0 Å². The third-order valence-corrected chi connectivity index (χ3v) is 3.70. The number of alkyl halides is 3. The van der Waals surface area contributed by atoms with Crippen LogP contribution in [0, 0.1) is 0 Å². The normalized spacial score (nSPS) is 11.3. The van der Waals surface area contributed by atoms with Gasteiger partial charge in [-0.15, -0.1) is 13.2 Å². The molecule has 0 bridgehead atoms. The molecule has 0 spiro atoms. The number of amides is 1. The van der Waals surface area contributed by atoms with E-state index < -0.39 is 12.3 Å². The van der Waals surface area contributed by atoms with Crippen LogP contribution in [0.15, 0.2) is 54.6 Å². The van der Waals surface area contributed by atoms with E-state index in [1.54, 1.807) is 31.3 Å². The highest BCUT2D eigenvalue weighted by molar-refractivity contribution is 5.91. The van der Waals surface area contributed by atoms with Crippen molar-refractivity contribution in [3.63, 3.8) is 0 Å². The average Bonchev–Trinajstić information content (AvgIpc) is 2.66. The zero-order valence-electron chi connectivity index (χ0n) is 15.2. The second kappa shape index (κ2) is 9.07. The van der Waals surface area contributed by atoms with Crippen LogP contribution in [0.5, 0.6) is 5.75 Å². The fraction of sp³-hybridized carbons (Fsp3) is 0.200. The summed E-state index contributed by atoms with van der Waals surface area (Å²) < 4.78 is 44.8. The molecule has 2 aromatic rings. The number of hydrogen-bond donors (Lipinski definition) is 0. The first-order valence-corrected chi connectivity index (χ1v) is 8.14. The lowest BCUT2D eigenvalue weighted by molar-refractivity contribution is -0.274. The van der Waals surface area contributed by atoms with Gasteiger partial charge in [-0.1, -0.05) is 24.3 Å². The van der Waals surface area contributed by atoms with Crippen molar-refractivity contribution in [1.82, 2.24) is 4.90 Å². The van der Waals surface area contributed by atoms with Gasteiger partial charge >= 0.3 is 12.3 Å². The Balaban J connectivity index is 1.93. The topological polar surface area (TPSA) is 55.8 Å². The van der Waals surface area contributed by atoms with Crippen molar-refractivity contribution in [3.8, 4) is 5.75 Å². The number of methoxy groups -OCH3 is 1. The minimum atomic E-state index is -4.74. The van der Waals surface area contributed by atoms with Crippen molar-refractivity contribution in [2.45, 2.75) is 12.9 Å². The third kappa shape index (κ3) is 6.46.